The quantitative estimate of drug-likeness (QED) is 0.361. The van der Waals surface area contributed by atoms with E-state index in [1.165, 1.54) is 18.2 Å². The molecule has 1 heterocycles. The Morgan fingerprint density at radius 2 is 1.65 bits per heavy atom. The molecule has 1 saturated carbocycles. The van der Waals surface area contributed by atoms with E-state index in [1.54, 1.807) is 0 Å². The highest BCUT2D eigenvalue weighted by atomic mass is 35.5. The monoisotopic (exact) mass is 332 g/mol. The van der Waals surface area contributed by atoms with Crippen molar-refractivity contribution in [2.24, 2.45) is 23.7 Å². The van der Waals surface area contributed by atoms with Crippen LogP contribution in [0.4, 0.5) is 11.4 Å². The molecule has 0 unspecified atom stereocenters. The maximum atomic E-state index is 12.8. The van der Waals surface area contributed by atoms with Crippen molar-refractivity contribution in [2.75, 3.05) is 4.90 Å². The number of imide groups is 1. The van der Waals surface area contributed by atoms with Crippen molar-refractivity contribution >= 4 is 34.8 Å². The van der Waals surface area contributed by atoms with E-state index < -0.39 is 4.92 Å². The second-order valence-corrected chi connectivity index (χ2v) is 6.68. The molecule has 2 amide bonds. The van der Waals surface area contributed by atoms with Gasteiger partial charge in [0.25, 0.3) is 5.69 Å². The first-order valence-corrected chi connectivity index (χ1v) is 7.87. The van der Waals surface area contributed by atoms with E-state index in [1.807, 2.05) is 12.2 Å². The summed E-state index contributed by atoms with van der Waals surface area (Å²) >= 11 is 5.82. The Bertz CT molecular complexity index is 743. The fourth-order valence-electron chi connectivity index (χ4n) is 4.14. The third-order valence-corrected chi connectivity index (χ3v) is 5.37. The highest BCUT2D eigenvalue weighted by molar-refractivity contribution is 6.31. The lowest BCUT2D eigenvalue weighted by Crippen LogP contribution is -2.38. The van der Waals surface area contributed by atoms with Crippen LogP contribution in [0.3, 0.4) is 0 Å². The number of benzene rings is 1. The third-order valence-electron chi connectivity index (χ3n) is 5.13. The van der Waals surface area contributed by atoms with Crippen LogP contribution in [-0.4, -0.2) is 16.7 Å². The number of carbonyl (C=O) groups excluding carboxylic acids is 2. The zero-order chi connectivity index (χ0) is 16.3. The molecule has 4 aliphatic rings. The van der Waals surface area contributed by atoms with Crippen LogP contribution in [0.15, 0.2) is 30.4 Å². The number of nitrogens with zero attached hydrogens (tertiary/aromatic N) is 2. The van der Waals surface area contributed by atoms with Gasteiger partial charge in [-0.25, -0.2) is 4.90 Å². The lowest BCUT2D eigenvalue weighted by atomic mass is 9.63. The third kappa shape index (κ3) is 1.94. The average molecular weight is 333 g/mol. The SMILES string of the molecule is O=C1[C@@H]2[C@@H](C(=O)N1c1ccc(Cl)cc1[N+](=O)[O-])[C@H]1C=C[C@@H]2CC1. The van der Waals surface area contributed by atoms with E-state index in [0.717, 1.165) is 17.7 Å². The second-order valence-electron chi connectivity index (χ2n) is 6.24. The summed E-state index contributed by atoms with van der Waals surface area (Å²) in [5, 5.41) is 11.5. The highest BCUT2D eigenvalue weighted by Crippen LogP contribution is 2.51. The van der Waals surface area contributed by atoms with E-state index in [0.29, 0.717) is 0 Å². The van der Waals surface area contributed by atoms with E-state index in [9.17, 15) is 19.7 Å². The number of hydrogen-bond acceptors (Lipinski definition) is 4. The van der Waals surface area contributed by atoms with Crippen LogP contribution in [0.5, 0.6) is 0 Å². The molecule has 0 spiro atoms. The molecule has 5 rings (SSSR count). The highest BCUT2D eigenvalue weighted by Gasteiger charge is 2.57. The van der Waals surface area contributed by atoms with Gasteiger partial charge >= 0.3 is 0 Å². The fourth-order valence-corrected chi connectivity index (χ4v) is 4.31. The minimum absolute atomic E-state index is 0.0169. The van der Waals surface area contributed by atoms with Gasteiger partial charge in [0.1, 0.15) is 5.69 Å². The Morgan fingerprint density at radius 3 is 2.13 bits per heavy atom. The lowest BCUT2D eigenvalue weighted by molar-refractivity contribution is -0.384. The Balaban J connectivity index is 1.81. The van der Waals surface area contributed by atoms with Crippen LogP contribution in [0.2, 0.25) is 5.02 Å². The number of amides is 2. The van der Waals surface area contributed by atoms with Crippen molar-refractivity contribution in [3.05, 3.63) is 45.5 Å². The summed E-state index contributed by atoms with van der Waals surface area (Å²) in [7, 11) is 0. The molecule has 6 nitrogen and oxygen atoms in total. The predicted molar refractivity (Wildman–Crippen MR) is 82.9 cm³/mol. The van der Waals surface area contributed by atoms with Gasteiger partial charge in [-0.15, -0.1) is 0 Å². The Morgan fingerprint density at radius 1 is 1.09 bits per heavy atom. The van der Waals surface area contributed by atoms with Gasteiger partial charge in [0.15, 0.2) is 0 Å². The van der Waals surface area contributed by atoms with Crippen LogP contribution in [0.25, 0.3) is 0 Å². The van der Waals surface area contributed by atoms with Gasteiger partial charge in [-0.3, -0.25) is 19.7 Å². The first kappa shape index (κ1) is 14.4. The molecule has 3 aliphatic carbocycles. The molecule has 118 valence electrons. The largest absolute Gasteiger partial charge is 0.294 e. The molecule has 2 fully saturated rings. The summed E-state index contributed by atoms with van der Waals surface area (Å²) in [6.45, 7) is 0. The summed E-state index contributed by atoms with van der Waals surface area (Å²) < 4.78 is 0. The van der Waals surface area contributed by atoms with Crippen LogP contribution in [-0.2, 0) is 9.59 Å². The molecule has 7 heteroatoms. The van der Waals surface area contributed by atoms with Crippen LogP contribution in [0, 0.1) is 33.8 Å². The molecular formula is C16H13ClN2O4. The van der Waals surface area contributed by atoms with E-state index >= 15 is 0 Å². The number of hydrogen-bond donors (Lipinski definition) is 0. The Hall–Kier alpha value is -2.21. The van der Waals surface area contributed by atoms with Gasteiger partial charge in [0.05, 0.1) is 16.8 Å². The number of allylic oxidation sites excluding steroid dienone is 2. The Kier molecular flexibility index (Phi) is 3.06. The summed E-state index contributed by atoms with van der Waals surface area (Å²) in [6, 6.07) is 4.01. The zero-order valence-electron chi connectivity index (χ0n) is 12.0. The zero-order valence-corrected chi connectivity index (χ0v) is 12.8. The minimum atomic E-state index is -0.614. The molecule has 1 aromatic carbocycles. The molecule has 2 bridgehead atoms. The van der Waals surface area contributed by atoms with E-state index in [4.69, 9.17) is 11.6 Å². The second kappa shape index (κ2) is 4.89. The van der Waals surface area contributed by atoms with Gasteiger partial charge in [0, 0.05) is 11.1 Å². The summed E-state index contributed by atoms with van der Waals surface area (Å²) in [5.74, 6) is -1.33. The standard InChI is InChI=1S/C16H13ClN2O4/c17-10-5-6-11(12(7-10)19(22)23)18-15(20)13-8-1-2-9(4-3-8)14(13)16(18)21/h1-2,5-9,13-14H,3-4H2/t8-,9+,13-,14-/m0/s1. The number of anilines is 1. The molecule has 0 N–H and O–H groups in total. The first-order chi connectivity index (χ1) is 11.0. The van der Waals surface area contributed by atoms with Crippen molar-refractivity contribution in [1.29, 1.82) is 0 Å². The van der Waals surface area contributed by atoms with E-state index in [2.05, 4.69) is 0 Å². The topological polar surface area (TPSA) is 80.5 Å². The number of rotatable bonds is 2. The number of fused-ring (bicyclic) bond motifs is 1. The smallest absolute Gasteiger partial charge is 0.274 e. The molecule has 0 aromatic heterocycles. The van der Waals surface area contributed by atoms with Gasteiger partial charge in [0.2, 0.25) is 11.8 Å². The van der Waals surface area contributed by atoms with Crippen LogP contribution < -0.4 is 4.90 Å². The van der Waals surface area contributed by atoms with Gasteiger partial charge in [-0.1, -0.05) is 23.8 Å². The van der Waals surface area contributed by atoms with Crippen molar-refractivity contribution < 1.29 is 14.5 Å². The summed E-state index contributed by atoms with van der Waals surface area (Å²) in [5.41, 5.74) is -0.304. The van der Waals surface area contributed by atoms with Gasteiger partial charge < -0.3 is 0 Å². The van der Waals surface area contributed by atoms with Gasteiger partial charge in [-0.05, 0) is 36.8 Å². The number of carbonyl (C=O) groups is 2. The van der Waals surface area contributed by atoms with Gasteiger partial charge in [-0.2, -0.15) is 0 Å². The van der Waals surface area contributed by atoms with Crippen molar-refractivity contribution in [1.82, 2.24) is 0 Å². The molecule has 1 saturated heterocycles. The average Bonchev–Trinajstić information content (AvgIpc) is 2.82. The van der Waals surface area contributed by atoms with Crippen molar-refractivity contribution in [2.45, 2.75) is 12.8 Å². The number of nitro groups is 1. The van der Waals surface area contributed by atoms with Crippen LogP contribution >= 0.6 is 11.6 Å². The van der Waals surface area contributed by atoms with Crippen molar-refractivity contribution in [3.8, 4) is 0 Å². The number of halogens is 1. The summed E-state index contributed by atoms with van der Waals surface area (Å²) in [6.07, 6.45) is 5.80. The fraction of sp³-hybridized carbons (Fsp3) is 0.375. The van der Waals surface area contributed by atoms with E-state index in [-0.39, 0.29) is 51.9 Å². The Labute approximate surface area is 136 Å². The molecule has 1 aliphatic heterocycles. The lowest BCUT2D eigenvalue weighted by Gasteiger charge is -2.38. The number of nitro benzene ring substituents is 1. The maximum Gasteiger partial charge on any atom is 0.294 e. The predicted octanol–water partition coefficient (Wildman–Crippen LogP) is 2.95. The van der Waals surface area contributed by atoms with Crippen molar-refractivity contribution in [3.63, 3.8) is 0 Å². The maximum absolute atomic E-state index is 12.8. The molecular weight excluding hydrogens is 320 g/mol. The molecule has 23 heavy (non-hydrogen) atoms. The first-order valence-electron chi connectivity index (χ1n) is 7.49. The molecule has 4 atom stereocenters. The molecule has 1 aromatic rings. The minimum Gasteiger partial charge on any atom is -0.274 e. The molecule has 0 radical (unpaired) electrons. The normalized spacial score (nSPS) is 31.6. The van der Waals surface area contributed by atoms with Crippen LogP contribution in [0.1, 0.15) is 12.8 Å². The summed E-state index contributed by atoms with van der Waals surface area (Å²) in [4.78, 5) is 37.3.